The minimum atomic E-state index is -3.72. The lowest BCUT2D eigenvalue weighted by Crippen LogP contribution is -2.56. The second-order valence-electron chi connectivity index (χ2n) is 7.95. The van der Waals surface area contributed by atoms with Gasteiger partial charge < -0.3 is 5.32 Å². The van der Waals surface area contributed by atoms with E-state index in [1.54, 1.807) is 0 Å². The number of hydrogen-bond donors (Lipinski definition) is 1. The van der Waals surface area contributed by atoms with Gasteiger partial charge in [-0.3, -0.25) is 9.69 Å². The molecule has 2 aliphatic rings. The van der Waals surface area contributed by atoms with Crippen LogP contribution in [0.15, 0.2) is 29.2 Å². The van der Waals surface area contributed by atoms with Crippen LogP contribution in [0, 0.1) is 11.7 Å². The van der Waals surface area contributed by atoms with Crippen molar-refractivity contribution in [1.29, 1.82) is 0 Å². The molecule has 0 spiro atoms. The van der Waals surface area contributed by atoms with E-state index in [0.717, 1.165) is 25.3 Å². The summed E-state index contributed by atoms with van der Waals surface area (Å²) in [4.78, 5) is 14.7. The summed E-state index contributed by atoms with van der Waals surface area (Å²) in [6.45, 7) is 5.59. The highest BCUT2D eigenvalue weighted by molar-refractivity contribution is 7.89. The van der Waals surface area contributed by atoms with Crippen molar-refractivity contribution in [1.82, 2.24) is 14.5 Å². The molecule has 8 heteroatoms. The third-order valence-electron chi connectivity index (χ3n) is 6.07. The van der Waals surface area contributed by atoms with Crippen LogP contribution in [-0.2, 0) is 14.8 Å². The van der Waals surface area contributed by atoms with E-state index < -0.39 is 15.8 Å². The Labute approximate surface area is 167 Å². The van der Waals surface area contributed by atoms with E-state index in [9.17, 15) is 17.6 Å². The van der Waals surface area contributed by atoms with Gasteiger partial charge in [0.15, 0.2) is 0 Å². The van der Waals surface area contributed by atoms with E-state index in [2.05, 4.69) is 12.2 Å². The van der Waals surface area contributed by atoms with Crippen LogP contribution >= 0.6 is 0 Å². The first-order chi connectivity index (χ1) is 13.3. The van der Waals surface area contributed by atoms with Crippen LogP contribution < -0.4 is 5.32 Å². The van der Waals surface area contributed by atoms with Gasteiger partial charge in [0.2, 0.25) is 15.9 Å². The molecule has 156 valence electrons. The van der Waals surface area contributed by atoms with Crippen LogP contribution in [0.4, 0.5) is 4.39 Å². The molecule has 3 rings (SSSR count). The summed E-state index contributed by atoms with van der Waals surface area (Å²) in [5.74, 6) is -0.0553. The fourth-order valence-corrected chi connectivity index (χ4v) is 5.56. The minimum Gasteiger partial charge on any atom is -0.352 e. The summed E-state index contributed by atoms with van der Waals surface area (Å²) < 4.78 is 40.2. The lowest BCUT2D eigenvalue weighted by Gasteiger charge is -2.38. The van der Waals surface area contributed by atoms with Crippen molar-refractivity contribution in [2.75, 3.05) is 26.2 Å². The molecular formula is C20H30FN3O3S. The molecule has 3 atom stereocenters. The lowest BCUT2D eigenvalue weighted by molar-refractivity contribution is -0.127. The van der Waals surface area contributed by atoms with E-state index in [1.165, 1.54) is 28.9 Å². The molecule has 1 aromatic carbocycles. The number of sulfonamides is 1. The average molecular weight is 412 g/mol. The highest BCUT2D eigenvalue weighted by atomic mass is 32.2. The molecule has 0 bridgehead atoms. The molecule has 0 unspecified atom stereocenters. The Balaban J connectivity index is 1.56. The molecule has 1 saturated carbocycles. The maximum Gasteiger partial charge on any atom is 0.243 e. The van der Waals surface area contributed by atoms with Crippen molar-refractivity contribution in [3.8, 4) is 0 Å². The highest BCUT2D eigenvalue weighted by Gasteiger charge is 2.33. The molecule has 1 saturated heterocycles. The zero-order valence-electron chi connectivity index (χ0n) is 16.6. The van der Waals surface area contributed by atoms with Crippen LogP contribution in [0.5, 0.6) is 0 Å². The first-order valence-corrected chi connectivity index (χ1v) is 11.5. The number of piperazine rings is 1. The fourth-order valence-electron chi connectivity index (χ4n) is 4.11. The van der Waals surface area contributed by atoms with Crippen molar-refractivity contribution in [3.05, 3.63) is 30.1 Å². The van der Waals surface area contributed by atoms with Crippen molar-refractivity contribution in [2.24, 2.45) is 5.92 Å². The Morgan fingerprint density at radius 1 is 1.18 bits per heavy atom. The number of hydrogen-bond acceptors (Lipinski definition) is 4. The SMILES string of the molecule is C[C@@H]1CCCC[C@@H]1NC(=O)[C@@H](C)N1CCN(S(=O)(=O)c2cccc(F)c2)CC1. The lowest BCUT2D eigenvalue weighted by atomic mass is 9.86. The standard InChI is InChI=1S/C20H30FN3O3S/c1-15-6-3-4-9-19(15)22-20(25)16(2)23-10-12-24(13-11-23)28(26,27)18-8-5-7-17(21)14-18/h5,7-8,14-16,19H,3-4,6,9-13H2,1-2H3,(H,22,25)/t15-,16-,19+/m1/s1. The maximum absolute atomic E-state index is 13.4. The minimum absolute atomic E-state index is 0.0141. The van der Waals surface area contributed by atoms with Gasteiger partial charge in [-0.2, -0.15) is 4.31 Å². The van der Waals surface area contributed by atoms with E-state index in [0.29, 0.717) is 19.0 Å². The number of nitrogens with zero attached hydrogens (tertiary/aromatic N) is 2. The Morgan fingerprint density at radius 3 is 2.50 bits per heavy atom. The Morgan fingerprint density at radius 2 is 1.86 bits per heavy atom. The molecule has 1 amide bonds. The maximum atomic E-state index is 13.4. The summed E-state index contributed by atoms with van der Waals surface area (Å²) in [5, 5.41) is 3.19. The van der Waals surface area contributed by atoms with Gasteiger partial charge in [-0.05, 0) is 43.9 Å². The molecule has 1 aromatic rings. The van der Waals surface area contributed by atoms with Crippen molar-refractivity contribution >= 4 is 15.9 Å². The summed E-state index contributed by atoms with van der Waals surface area (Å²) in [6, 6.07) is 5.02. The van der Waals surface area contributed by atoms with Crippen molar-refractivity contribution < 1.29 is 17.6 Å². The molecule has 1 aliphatic carbocycles. The molecule has 1 N–H and O–H groups in total. The summed E-state index contributed by atoms with van der Waals surface area (Å²) in [5.41, 5.74) is 0. The Kier molecular flexibility index (Phi) is 6.73. The first kappa shape index (κ1) is 21.2. The molecule has 1 heterocycles. The monoisotopic (exact) mass is 411 g/mol. The molecular weight excluding hydrogens is 381 g/mol. The van der Waals surface area contributed by atoms with Crippen LogP contribution in [0.2, 0.25) is 0 Å². The molecule has 1 aliphatic heterocycles. The van der Waals surface area contributed by atoms with Gasteiger partial charge in [0.25, 0.3) is 0 Å². The quantitative estimate of drug-likeness (QED) is 0.807. The second-order valence-corrected chi connectivity index (χ2v) is 9.89. The summed E-state index contributed by atoms with van der Waals surface area (Å²) in [6.07, 6.45) is 4.56. The van der Waals surface area contributed by atoms with Crippen LogP contribution in [0.1, 0.15) is 39.5 Å². The molecule has 0 radical (unpaired) electrons. The Bertz CT molecular complexity index is 794. The second kappa shape index (κ2) is 8.88. The van der Waals surface area contributed by atoms with E-state index in [1.807, 2.05) is 11.8 Å². The fraction of sp³-hybridized carbons (Fsp3) is 0.650. The van der Waals surface area contributed by atoms with E-state index >= 15 is 0 Å². The van der Waals surface area contributed by atoms with Crippen LogP contribution in [0.25, 0.3) is 0 Å². The largest absolute Gasteiger partial charge is 0.352 e. The molecule has 28 heavy (non-hydrogen) atoms. The van der Waals surface area contributed by atoms with Gasteiger partial charge in [-0.15, -0.1) is 0 Å². The van der Waals surface area contributed by atoms with E-state index in [-0.39, 0.29) is 36.0 Å². The highest BCUT2D eigenvalue weighted by Crippen LogP contribution is 2.24. The number of carbonyl (C=O) groups excluding carboxylic acids is 1. The van der Waals surface area contributed by atoms with Gasteiger partial charge in [0.05, 0.1) is 10.9 Å². The summed E-state index contributed by atoms with van der Waals surface area (Å²) >= 11 is 0. The normalized spacial score (nSPS) is 26.0. The predicted octanol–water partition coefficient (Wildman–Crippen LogP) is 2.22. The molecule has 0 aromatic heterocycles. The number of benzene rings is 1. The van der Waals surface area contributed by atoms with E-state index in [4.69, 9.17) is 0 Å². The van der Waals surface area contributed by atoms with Gasteiger partial charge in [0.1, 0.15) is 5.82 Å². The van der Waals surface area contributed by atoms with Gasteiger partial charge in [-0.1, -0.05) is 25.8 Å². The van der Waals surface area contributed by atoms with Crippen molar-refractivity contribution in [2.45, 2.75) is 56.5 Å². The first-order valence-electron chi connectivity index (χ1n) is 10.1. The number of carbonyl (C=O) groups is 1. The number of nitrogens with one attached hydrogen (secondary N) is 1. The van der Waals surface area contributed by atoms with Gasteiger partial charge in [-0.25, -0.2) is 12.8 Å². The topological polar surface area (TPSA) is 69.7 Å². The third kappa shape index (κ3) is 4.72. The number of rotatable bonds is 5. The molecule has 2 fully saturated rings. The van der Waals surface area contributed by atoms with Gasteiger partial charge >= 0.3 is 0 Å². The average Bonchev–Trinajstić information content (AvgIpc) is 2.69. The van der Waals surface area contributed by atoms with Gasteiger partial charge in [0, 0.05) is 32.2 Å². The van der Waals surface area contributed by atoms with Crippen molar-refractivity contribution in [3.63, 3.8) is 0 Å². The third-order valence-corrected chi connectivity index (χ3v) is 7.97. The zero-order valence-corrected chi connectivity index (χ0v) is 17.4. The number of amides is 1. The smallest absolute Gasteiger partial charge is 0.243 e. The van der Waals surface area contributed by atoms with Crippen LogP contribution in [-0.4, -0.2) is 61.8 Å². The summed E-state index contributed by atoms with van der Waals surface area (Å²) in [7, 11) is -3.72. The van der Waals surface area contributed by atoms with Crippen LogP contribution in [0.3, 0.4) is 0 Å². The predicted molar refractivity (Wildman–Crippen MR) is 106 cm³/mol. The Hall–Kier alpha value is -1.51. The number of halogens is 1. The molecule has 6 nitrogen and oxygen atoms in total. The zero-order chi connectivity index (χ0) is 20.3.